The zero-order valence-corrected chi connectivity index (χ0v) is 30.7. The van der Waals surface area contributed by atoms with Gasteiger partial charge < -0.3 is 30.9 Å². The number of quaternary nitrogens is 1. The van der Waals surface area contributed by atoms with Crippen LogP contribution >= 0.6 is 0 Å². The van der Waals surface area contributed by atoms with Gasteiger partial charge >= 0.3 is 18.0 Å². The number of Topliss-reactive ketones (excluding diaryl/α,β-unsaturated/α-hetero) is 1. The lowest BCUT2D eigenvalue weighted by molar-refractivity contribution is -0.300. The molecule has 6 amide bonds. The highest BCUT2D eigenvalue weighted by molar-refractivity contribution is 6.34. The molecule has 1 aliphatic heterocycles. The number of fused-ring (bicyclic) bond motifs is 1. The van der Waals surface area contributed by atoms with Crippen molar-refractivity contribution in [2.75, 3.05) is 13.2 Å². The van der Waals surface area contributed by atoms with E-state index < -0.39 is 59.3 Å². The molecule has 1 aromatic rings. The second kappa shape index (κ2) is 16.3. The molecule has 0 spiro atoms. The third-order valence-corrected chi connectivity index (χ3v) is 10.3. The Bertz CT molecular complexity index is 1410. The fourth-order valence-electron chi connectivity index (χ4n) is 6.90. The van der Waals surface area contributed by atoms with Crippen molar-refractivity contribution in [3.05, 3.63) is 35.4 Å². The summed E-state index contributed by atoms with van der Waals surface area (Å²) in [7, 11) is 0. The van der Waals surface area contributed by atoms with Crippen LogP contribution in [0.2, 0.25) is 0 Å². The maximum Gasteiger partial charge on any atom is 0.407 e. The van der Waals surface area contributed by atoms with E-state index in [9.17, 15) is 28.8 Å². The van der Waals surface area contributed by atoms with E-state index in [2.05, 4.69) is 27.0 Å². The zero-order valence-electron chi connectivity index (χ0n) is 30.7. The Labute approximate surface area is 295 Å². The molecule has 1 saturated carbocycles. The molecule has 3 aliphatic rings. The molecule has 0 aromatic heterocycles. The number of nitrogens with zero attached hydrogens (tertiary/aromatic N) is 1. The number of benzene rings is 1. The van der Waals surface area contributed by atoms with Gasteiger partial charge in [-0.3, -0.25) is 20.1 Å². The highest BCUT2D eigenvalue weighted by Gasteiger charge is 2.47. The van der Waals surface area contributed by atoms with Crippen molar-refractivity contribution in [3.63, 3.8) is 0 Å². The molecule has 0 bridgehead atoms. The molecule has 1 aromatic carbocycles. The SMILES string of the molecule is CC(C)NC(=O)OCC(NC(=O)NC(C(=O)N1C[C@H](C(C)C)CC1C(=O)NC(CC1CC1)C(=O)C([NH3+])=O)C1Cc2ccccc2C1)C(C)(C)C. The van der Waals surface area contributed by atoms with Gasteiger partial charge in [-0.15, -0.1) is 0 Å². The summed E-state index contributed by atoms with van der Waals surface area (Å²) < 4.78 is 5.42. The van der Waals surface area contributed by atoms with Crippen LogP contribution in [-0.2, 0) is 36.8 Å². The highest BCUT2D eigenvalue weighted by atomic mass is 16.5. The summed E-state index contributed by atoms with van der Waals surface area (Å²) in [6, 6.07) is 3.82. The summed E-state index contributed by atoms with van der Waals surface area (Å²) in [5, 5.41) is 11.4. The first-order valence-corrected chi connectivity index (χ1v) is 18.0. The van der Waals surface area contributed by atoms with E-state index >= 15 is 0 Å². The van der Waals surface area contributed by atoms with E-state index in [0.29, 0.717) is 32.2 Å². The van der Waals surface area contributed by atoms with Crippen LogP contribution in [0, 0.1) is 29.1 Å². The predicted molar refractivity (Wildman–Crippen MR) is 186 cm³/mol. The third kappa shape index (κ3) is 10.3. The predicted octanol–water partition coefficient (Wildman–Crippen LogP) is 2.11. The lowest BCUT2D eigenvalue weighted by atomic mass is 9.87. The van der Waals surface area contributed by atoms with Crippen LogP contribution in [0.4, 0.5) is 9.59 Å². The first-order chi connectivity index (χ1) is 23.4. The topological polar surface area (TPSA) is 191 Å². The molecule has 13 heteroatoms. The summed E-state index contributed by atoms with van der Waals surface area (Å²) in [5.41, 5.74) is 4.98. The minimum Gasteiger partial charge on any atom is -0.447 e. The van der Waals surface area contributed by atoms with Crippen LogP contribution in [0.5, 0.6) is 0 Å². The molecule has 1 heterocycles. The van der Waals surface area contributed by atoms with Crippen molar-refractivity contribution in [1.82, 2.24) is 26.2 Å². The number of amides is 6. The van der Waals surface area contributed by atoms with Crippen LogP contribution in [0.3, 0.4) is 0 Å². The van der Waals surface area contributed by atoms with E-state index in [1.807, 2.05) is 72.7 Å². The van der Waals surface area contributed by atoms with Crippen LogP contribution in [0.25, 0.3) is 0 Å². The molecule has 13 nitrogen and oxygen atoms in total. The minimum atomic E-state index is -0.988. The second-order valence-electron chi connectivity index (χ2n) is 16.1. The summed E-state index contributed by atoms with van der Waals surface area (Å²) in [6.07, 6.45) is 3.16. The largest absolute Gasteiger partial charge is 0.447 e. The first-order valence-electron chi connectivity index (χ1n) is 18.0. The van der Waals surface area contributed by atoms with E-state index in [1.54, 1.807) is 4.90 Å². The second-order valence-corrected chi connectivity index (χ2v) is 16.1. The molecule has 2 aliphatic carbocycles. The summed E-state index contributed by atoms with van der Waals surface area (Å²) >= 11 is 0. The van der Waals surface area contributed by atoms with Gasteiger partial charge in [0, 0.05) is 12.6 Å². The number of likely N-dealkylation sites (tertiary alicyclic amines) is 1. The van der Waals surface area contributed by atoms with Crippen LogP contribution in [0.1, 0.15) is 85.3 Å². The van der Waals surface area contributed by atoms with E-state index in [1.165, 1.54) is 0 Å². The number of carbonyl (C=O) groups excluding carboxylic acids is 6. The van der Waals surface area contributed by atoms with Crippen molar-refractivity contribution in [3.8, 4) is 0 Å². The Morgan fingerprint density at radius 3 is 2.04 bits per heavy atom. The Hall–Kier alpha value is -4.00. The van der Waals surface area contributed by atoms with Crippen LogP contribution in [0.15, 0.2) is 24.3 Å². The van der Waals surface area contributed by atoms with E-state index in [4.69, 9.17) is 4.74 Å². The van der Waals surface area contributed by atoms with Gasteiger partial charge in [-0.1, -0.05) is 71.7 Å². The molecule has 0 radical (unpaired) electrons. The maximum absolute atomic E-state index is 14.7. The monoisotopic (exact) mass is 697 g/mol. The van der Waals surface area contributed by atoms with Gasteiger partial charge in [0.2, 0.25) is 11.8 Å². The number of urea groups is 1. The molecule has 50 heavy (non-hydrogen) atoms. The first kappa shape index (κ1) is 38.8. The van der Waals surface area contributed by atoms with Crippen LogP contribution in [-0.4, -0.2) is 83.9 Å². The Morgan fingerprint density at radius 1 is 0.900 bits per heavy atom. The average Bonchev–Trinajstić information content (AvgIpc) is 3.55. The van der Waals surface area contributed by atoms with Gasteiger partial charge in [-0.2, -0.15) is 0 Å². The zero-order chi connectivity index (χ0) is 36.9. The fourth-order valence-corrected chi connectivity index (χ4v) is 6.90. The minimum absolute atomic E-state index is 0.0106. The van der Waals surface area contributed by atoms with Gasteiger partial charge in [-0.25, -0.2) is 14.4 Å². The molecular weight excluding hydrogens is 640 g/mol. The quantitative estimate of drug-likeness (QED) is 0.184. The number of rotatable bonds is 14. The third-order valence-electron chi connectivity index (χ3n) is 10.3. The number of ketones is 1. The van der Waals surface area contributed by atoms with Crippen molar-refractivity contribution in [1.29, 1.82) is 0 Å². The number of ether oxygens (including phenoxy) is 1. The van der Waals surface area contributed by atoms with Crippen molar-refractivity contribution in [2.24, 2.45) is 29.1 Å². The molecule has 2 fully saturated rings. The molecule has 4 unspecified atom stereocenters. The Balaban J connectivity index is 1.58. The normalized spacial score (nSPS) is 20.9. The smallest absolute Gasteiger partial charge is 0.407 e. The van der Waals surface area contributed by atoms with Crippen molar-refractivity contribution >= 4 is 35.6 Å². The van der Waals surface area contributed by atoms with Gasteiger partial charge in [0.25, 0.3) is 5.78 Å². The van der Waals surface area contributed by atoms with Crippen molar-refractivity contribution < 1.29 is 39.2 Å². The molecule has 7 N–H and O–H groups in total. The van der Waals surface area contributed by atoms with Crippen LogP contribution < -0.4 is 27.0 Å². The lowest BCUT2D eigenvalue weighted by Crippen LogP contribution is -2.65. The lowest BCUT2D eigenvalue weighted by Gasteiger charge is -2.34. The summed E-state index contributed by atoms with van der Waals surface area (Å²) in [4.78, 5) is 80.9. The standard InChI is InChI=1S/C37H56N6O7/c1-20(2)26-17-28(33(46)40-27(14-22-12-13-22)31(44)32(38)45)43(18-26)34(47)30(25-15-23-10-8-9-11-24(23)16-25)42-35(48)41-29(37(5,6)7)19-50-36(49)39-21(3)4/h8-11,20-22,25-30H,12-19H2,1-7H3,(H2,38,45)(H,39,49)(H,40,46)(H2,41,42,48)/p+1/t26-,27?,28?,29?,30?/m1/s1. The summed E-state index contributed by atoms with van der Waals surface area (Å²) in [6.45, 7) is 13.7. The molecule has 4 rings (SSSR count). The average molecular weight is 698 g/mol. The van der Waals surface area contributed by atoms with Crippen molar-refractivity contribution in [2.45, 2.75) is 117 Å². The van der Waals surface area contributed by atoms with Gasteiger partial charge in [0.15, 0.2) is 0 Å². The maximum atomic E-state index is 14.7. The number of alkyl carbamates (subject to hydrolysis) is 1. The molecule has 276 valence electrons. The number of hydrogen-bond donors (Lipinski definition) is 5. The van der Waals surface area contributed by atoms with Gasteiger partial charge in [-0.05, 0) is 79.7 Å². The summed E-state index contributed by atoms with van der Waals surface area (Å²) in [5.74, 6) is -2.29. The Morgan fingerprint density at radius 2 is 1.52 bits per heavy atom. The van der Waals surface area contributed by atoms with Gasteiger partial charge in [0.1, 0.15) is 24.7 Å². The molecule has 1 saturated heterocycles. The number of carbonyl (C=O) groups is 6. The highest BCUT2D eigenvalue weighted by Crippen LogP contribution is 2.35. The fraction of sp³-hybridized carbons (Fsp3) is 0.676. The molecular formula is C37H57N6O7+. The Kier molecular flexibility index (Phi) is 12.7. The number of nitrogens with one attached hydrogen (secondary N) is 4. The van der Waals surface area contributed by atoms with Gasteiger partial charge in [0.05, 0.1) is 6.04 Å². The van der Waals surface area contributed by atoms with E-state index in [0.717, 1.165) is 24.0 Å². The number of hydrogen-bond acceptors (Lipinski definition) is 7. The molecule has 5 atom stereocenters. The van der Waals surface area contributed by atoms with E-state index in [-0.39, 0.29) is 42.2 Å².